The van der Waals surface area contributed by atoms with Crippen LogP contribution in [0.4, 0.5) is 0 Å². The molecule has 0 aliphatic carbocycles. The molecule has 2 aliphatic rings. The van der Waals surface area contributed by atoms with Crippen molar-refractivity contribution in [1.29, 1.82) is 0 Å². The quantitative estimate of drug-likeness (QED) is 0.726. The van der Waals surface area contributed by atoms with Gasteiger partial charge in [-0.1, -0.05) is 6.92 Å². The lowest BCUT2D eigenvalue weighted by molar-refractivity contribution is -0.0198. The minimum atomic E-state index is -0.424. The van der Waals surface area contributed by atoms with Crippen molar-refractivity contribution >= 4 is 11.8 Å². The third-order valence-electron chi connectivity index (χ3n) is 3.38. The van der Waals surface area contributed by atoms with E-state index in [0.29, 0.717) is 0 Å². The number of hydrogen-bond donors (Lipinski definition) is 2. The molecule has 2 fully saturated rings. The molecule has 0 aromatic carbocycles. The maximum atomic E-state index is 10.4. The normalized spacial score (nSPS) is 32.8. The molecule has 0 amide bonds. The van der Waals surface area contributed by atoms with Crippen LogP contribution in [0.2, 0.25) is 0 Å². The molecule has 88 valence electrons. The van der Waals surface area contributed by atoms with Gasteiger partial charge in [0.05, 0.1) is 5.60 Å². The molecule has 1 atom stereocenters. The Bertz CT molecular complexity index is 207. The fourth-order valence-electron chi connectivity index (χ4n) is 2.50. The van der Waals surface area contributed by atoms with Gasteiger partial charge in [-0.3, -0.25) is 4.90 Å². The number of thioether (sulfide) groups is 1. The zero-order valence-corrected chi connectivity index (χ0v) is 10.4. The number of piperidine rings is 1. The van der Waals surface area contributed by atoms with E-state index in [1.165, 1.54) is 5.75 Å². The standard InChI is InChI=1S/C11H22N2OS/c1-10-8-13(6-7-15-10)9-11(14)2-4-12-5-3-11/h10,12,14H,2-9H2,1H3. The van der Waals surface area contributed by atoms with Crippen LogP contribution in [0.5, 0.6) is 0 Å². The van der Waals surface area contributed by atoms with Crippen molar-refractivity contribution in [2.24, 2.45) is 0 Å². The fourth-order valence-corrected chi connectivity index (χ4v) is 3.58. The van der Waals surface area contributed by atoms with Crippen LogP contribution in [0.15, 0.2) is 0 Å². The van der Waals surface area contributed by atoms with E-state index < -0.39 is 5.60 Å². The largest absolute Gasteiger partial charge is 0.388 e. The van der Waals surface area contributed by atoms with E-state index in [1.807, 2.05) is 11.8 Å². The lowest BCUT2D eigenvalue weighted by Gasteiger charge is -2.39. The number of β-amino-alcohol motifs (C(OH)–C–C–N with tert-alkyl or cyclic N) is 1. The Morgan fingerprint density at radius 1 is 1.47 bits per heavy atom. The number of rotatable bonds is 2. The van der Waals surface area contributed by atoms with Gasteiger partial charge in [0.2, 0.25) is 0 Å². The van der Waals surface area contributed by atoms with Gasteiger partial charge in [-0.25, -0.2) is 0 Å². The Kier molecular flexibility index (Phi) is 3.93. The molecule has 0 bridgehead atoms. The molecule has 2 N–H and O–H groups in total. The summed E-state index contributed by atoms with van der Waals surface area (Å²) in [6.45, 7) is 7.37. The number of aliphatic hydroxyl groups is 1. The summed E-state index contributed by atoms with van der Waals surface area (Å²) in [4.78, 5) is 2.44. The summed E-state index contributed by atoms with van der Waals surface area (Å²) in [6, 6.07) is 0. The predicted octanol–water partition coefficient (Wildman–Crippen LogP) is 0.538. The second-order valence-corrected chi connectivity index (χ2v) is 6.44. The molecular formula is C11H22N2OS. The van der Waals surface area contributed by atoms with Crippen LogP contribution in [0.1, 0.15) is 19.8 Å². The maximum Gasteiger partial charge on any atom is 0.0798 e. The maximum absolute atomic E-state index is 10.4. The number of nitrogens with zero attached hydrogens (tertiary/aromatic N) is 1. The van der Waals surface area contributed by atoms with Crippen molar-refractivity contribution in [2.75, 3.05) is 38.5 Å². The first-order chi connectivity index (χ1) is 7.18. The summed E-state index contributed by atoms with van der Waals surface area (Å²) < 4.78 is 0. The smallest absolute Gasteiger partial charge is 0.0798 e. The minimum absolute atomic E-state index is 0.424. The van der Waals surface area contributed by atoms with E-state index in [4.69, 9.17) is 0 Å². The second kappa shape index (κ2) is 5.04. The molecule has 2 heterocycles. The lowest BCUT2D eigenvalue weighted by Crippen LogP contribution is -2.52. The third kappa shape index (κ3) is 3.34. The van der Waals surface area contributed by atoms with Gasteiger partial charge in [0.1, 0.15) is 0 Å². The van der Waals surface area contributed by atoms with Crippen LogP contribution < -0.4 is 5.32 Å². The summed E-state index contributed by atoms with van der Waals surface area (Å²) in [5.41, 5.74) is -0.424. The highest BCUT2D eigenvalue weighted by Gasteiger charge is 2.32. The Hall–Kier alpha value is 0.230. The summed E-state index contributed by atoms with van der Waals surface area (Å²) in [5, 5.41) is 14.5. The Labute approximate surface area is 96.6 Å². The molecule has 2 saturated heterocycles. The number of hydrogen-bond acceptors (Lipinski definition) is 4. The van der Waals surface area contributed by atoms with Gasteiger partial charge in [-0.15, -0.1) is 0 Å². The zero-order valence-electron chi connectivity index (χ0n) is 9.54. The van der Waals surface area contributed by atoms with Gasteiger partial charge in [0, 0.05) is 30.6 Å². The van der Waals surface area contributed by atoms with Crippen molar-refractivity contribution < 1.29 is 5.11 Å². The zero-order chi connectivity index (χ0) is 10.7. The highest BCUT2D eigenvalue weighted by atomic mass is 32.2. The number of nitrogens with one attached hydrogen (secondary N) is 1. The highest BCUT2D eigenvalue weighted by molar-refractivity contribution is 7.99. The van der Waals surface area contributed by atoms with Crippen LogP contribution in [0, 0.1) is 0 Å². The molecule has 2 aliphatic heterocycles. The Balaban J connectivity index is 1.83. The van der Waals surface area contributed by atoms with E-state index in [1.54, 1.807) is 0 Å². The minimum Gasteiger partial charge on any atom is -0.388 e. The molecular weight excluding hydrogens is 208 g/mol. The molecule has 1 unspecified atom stereocenters. The Morgan fingerprint density at radius 2 is 2.20 bits per heavy atom. The highest BCUT2D eigenvalue weighted by Crippen LogP contribution is 2.23. The summed E-state index contributed by atoms with van der Waals surface area (Å²) in [7, 11) is 0. The first kappa shape index (κ1) is 11.7. The SMILES string of the molecule is CC1CN(CC2(O)CCNCC2)CCS1. The van der Waals surface area contributed by atoms with Gasteiger partial charge < -0.3 is 10.4 Å². The van der Waals surface area contributed by atoms with Gasteiger partial charge in [0.15, 0.2) is 0 Å². The molecule has 0 spiro atoms. The first-order valence-corrected chi connectivity index (χ1v) is 7.00. The van der Waals surface area contributed by atoms with Crippen LogP contribution in [-0.2, 0) is 0 Å². The Morgan fingerprint density at radius 3 is 2.87 bits per heavy atom. The van der Waals surface area contributed by atoms with Crippen LogP contribution in [0.25, 0.3) is 0 Å². The van der Waals surface area contributed by atoms with E-state index in [0.717, 1.165) is 50.8 Å². The van der Waals surface area contributed by atoms with Crippen molar-refractivity contribution in [3.05, 3.63) is 0 Å². The van der Waals surface area contributed by atoms with Gasteiger partial charge in [-0.05, 0) is 25.9 Å². The molecule has 0 aromatic heterocycles. The topological polar surface area (TPSA) is 35.5 Å². The van der Waals surface area contributed by atoms with Crippen molar-refractivity contribution in [3.8, 4) is 0 Å². The molecule has 0 saturated carbocycles. The van der Waals surface area contributed by atoms with E-state index >= 15 is 0 Å². The average Bonchev–Trinajstić information content (AvgIpc) is 2.18. The van der Waals surface area contributed by atoms with Crippen LogP contribution in [0.3, 0.4) is 0 Å². The molecule has 15 heavy (non-hydrogen) atoms. The van der Waals surface area contributed by atoms with E-state index in [2.05, 4.69) is 17.1 Å². The van der Waals surface area contributed by atoms with Crippen molar-refractivity contribution in [1.82, 2.24) is 10.2 Å². The van der Waals surface area contributed by atoms with E-state index in [-0.39, 0.29) is 0 Å². The first-order valence-electron chi connectivity index (χ1n) is 5.95. The average molecular weight is 230 g/mol. The van der Waals surface area contributed by atoms with Crippen LogP contribution >= 0.6 is 11.8 Å². The lowest BCUT2D eigenvalue weighted by atomic mass is 9.92. The van der Waals surface area contributed by atoms with Gasteiger partial charge in [-0.2, -0.15) is 11.8 Å². The summed E-state index contributed by atoms with van der Waals surface area (Å²) >= 11 is 2.05. The monoisotopic (exact) mass is 230 g/mol. The summed E-state index contributed by atoms with van der Waals surface area (Å²) in [5.74, 6) is 1.22. The second-order valence-electron chi connectivity index (χ2n) is 4.89. The third-order valence-corrected chi connectivity index (χ3v) is 4.51. The predicted molar refractivity (Wildman–Crippen MR) is 65.4 cm³/mol. The molecule has 0 radical (unpaired) electrons. The molecule has 0 aromatic rings. The summed E-state index contributed by atoms with van der Waals surface area (Å²) in [6.07, 6.45) is 1.82. The fraction of sp³-hybridized carbons (Fsp3) is 1.00. The van der Waals surface area contributed by atoms with Gasteiger partial charge >= 0.3 is 0 Å². The van der Waals surface area contributed by atoms with Crippen molar-refractivity contribution in [3.63, 3.8) is 0 Å². The van der Waals surface area contributed by atoms with Gasteiger partial charge in [0.25, 0.3) is 0 Å². The molecule has 2 rings (SSSR count). The van der Waals surface area contributed by atoms with Crippen LogP contribution in [-0.4, -0.2) is 59.3 Å². The van der Waals surface area contributed by atoms with Crippen molar-refractivity contribution in [2.45, 2.75) is 30.6 Å². The molecule has 3 nitrogen and oxygen atoms in total. The molecule has 4 heteroatoms. The van der Waals surface area contributed by atoms with E-state index in [9.17, 15) is 5.11 Å².